The van der Waals surface area contributed by atoms with Gasteiger partial charge in [-0.15, -0.1) is 0 Å². The number of nitrogens with one attached hydrogen (secondary N) is 1. The van der Waals surface area contributed by atoms with Crippen molar-refractivity contribution in [1.29, 1.82) is 0 Å². The molecule has 0 spiro atoms. The summed E-state index contributed by atoms with van der Waals surface area (Å²) in [4.78, 5) is 0. The van der Waals surface area contributed by atoms with Crippen molar-refractivity contribution >= 4 is 17.9 Å². The fourth-order valence-corrected chi connectivity index (χ4v) is 5.76. The standard InChI is InChI=1S/C21H20NO2P/c23-25(17-9-3-1-4-10-17,18-11-5-2-6-12-18)22-20-15-16-24-21-14-8-7-13-19(20)21/h1-14,20H,15-16H2,(H,22,23). The summed E-state index contributed by atoms with van der Waals surface area (Å²) in [7, 11) is -2.95. The van der Waals surface area contributed by atoms with Crippen LogP contribution >= 0.6 is 7.29 Å². The van der Waals surface area contributed by atoms with E-state index < -0.39 is 7.29 Å². The van der Waals surface area contributed by atoms with E-state index in [-0.39, 0.29) is 6.04 Å². The highest BCUT2D eigenvalue weighted by Crippen LogP contribution is 2.44. The van der Waals surface area contributed by atoms with Crippen molar-refractivity contribution in [1.82, 2.24) is 5.09 Å². The minimum atomic E-state index is -2.95. The Hall–Kier alpha value is -2.35. The topological polar surface area (TPSA) is 38.3 Å². The molecule has 1 aliphatic rings. The second-order valence-corrected chi connectivity index (χ2v) is 8.65. The first kappa shape index (κ1) is 16.1. The molecule has 0 fully saturated rings. The predicted octanol–water partition coefficient (Wildman–Crippen LogP) is 4.03. The van der Waals surface area contributed by atoms with Gasteiger partial charge in [-0.1, -0.05) is 54.6 Å². The third kappa shape index (κ3) is 3.13. The van der Waals surface area contributed by atoms with Gasteiger partial charge in [0, 0.05) is 28.6 Å². The average molecular weight is 349 g/mol. The zero-order valence-corrected chi connectivity index (χ0v) is 14.7. The largest absolute Gasteiger partial charge is 0.493 e. The van der Waals surface area contributed by atoms with Crippen LogP contribution in [0.2, 0.25) is 0 Å². The van der Waals surface area contributed by atoms with Crippen LogP contribution in [0.1, 0.15) is 18.0 Å². The Morgan fingerprint density at radius 3 is 2.00 bits per heavy atom. The summed E-state index contributed by atoms with van der Waals surface area (Å²) in [5, 5.41) is 5.15. The Labute approximate surface area is 148 Å². The lowest BCUT2D eigenvalue weighted by Gasteiger charge is -2.31. The summed E-state index contributed by atoms with van der Waals surface area (Å²) in [6.45, 7) is 0.623. The molecule has 126 valence electrons. The molecule has 4 heteroatoms. The fraction of sp³-hybridized carbons (Fsp3) is 0.143. The highest BCUT2D eigenvalue weighted by atomic mass is 31.2. The normalized spacial score (nSPS) is 16.7. The van der Waals surface area contributed by atoms with E-state index in [1.807, 2.05) is 84.9 Å². The molecule has 4 rings (SSSR count). The van der Waals surface area contributed by atoms with Gasteiger partial charge in [-0.3, -0.25) is 9.65 Å². The Balaban J connectivity index is 1.78. The summed E-state index contributed by atoms with van der Waals surface area (Å²) in [5.41, 5.74) is 1.07. The van der Waals surface area contributed by atoms with Crippen LogP contribution < -0.4 is 20.4 Å². The molecule has 25 heavy (non-hydrogen) atoms. The van der Waals surface area contributed by atoms with Crippen LogP contribution in [0.15, 0.2) is 84.9 Å². The average Bonchev–Trinajstić information content (AvgIpc) is 2.69. The number of hydrogen-bond acceptors (Lipinski definition) is 2. The molecule has 1 unspecified atom stereocenters. The molecule has 0 bridgehead atoms. The smallest absolute Gasteiger partial charge is 0.205 e. The van der Waals surface area contributed by atoms with Crippen molar-refractivity contribution in [3.05, 3.63) is 90.5 Å². The van der Waals surface area contributed by atoms with Crippen molar-refractivity contribution in [3.8, 4) is 5.75 Å². The van der Waals surface area contributed by atoms with E-state index in [1.165, 1.54) is 0 Å². The lowest BCUT2D eigenvalue weighted by Crippen LogP contribution is -2.33. The number of benzene rings is 3. The minimum absolute atomic E-state index is 0.00352. The third-order valence-electron chi connectivity index (χ3n) is 4.54. The molecule has 0 radical (unpaired) electrons. The maximum absolute atomic E-state index is 14.1. The first-order valence-corrected chi connectivity index (χ1v) is 10.2. The Morgan fingerprint density at radius 2 is 1.36 bits per heavy atom. The van der Waals surface area contributed by atoms with Crippen molar-refractivity contribution in [2.45, 2.75) is 12.5 Å². The number of hydrogen-bond donors (Lipinski definition) is 1. The van der Waals surface area contributed by atoms with Crippen LogP contribution in [0.3, 0.4) is 0 Å². The molecule has 0 saturated heterocycles. The maximum Gasteiger partial charge on any atom is 0.205 e. The van der Waals surface area contributed by atoms with Gasteiger partial charge in [-0.05, 0) is 30.3 Å². The monoisotopic (exact) mass is 349 g/mol. The van der Waals surface area contributed by atoms with Gasteiger partial charge in [0.05, 0.1) is 6.61 Å². The molecule has 3 aromatic carbocycles. The molecule has 1 heterocycles. The van der Waals surface area contributed by atoms with Crippen LogP contribution in [0, 0.1) is 0 Å². The van der Waals surface area contributed by atoms with Gasteiger partial charge in [0.25, 0.3) is 0 Å². The van der Waals surface area contributed by atoms with Crippen molar-refractivity contribution in [2.24, 2.45) is 0 Å². The van der Waals surface area contributed by atoms with Crippen molar-refractivity contribution in [2.75, 3.05) is 6.61 Å². The lowest BCUT2D eigenvalue weighted by molar-refractivity contribution is 0.263. The second kappa shape index (κ2) is 6.87. The number of para-hydroxylation sites is 1. The summed E-state index contributed by atoms with van der Waals surface area (Å²) >= 11 is 0. The molecular weight excluding hydrogens is 329 g/mol. The minimum Gasteiger partial charge on any atom is -0.493 e. The van der Waals surface area contributed by atoms with Gasteiger partial charge in [0.2, 0.25) is 7.29 Å². The van der Waals surface area contributed by atoms with E-state index >= 15 is 0 Å². The van der Waals surface area contributed by atoms with E-state index in [9.17, 15) is 4.57 Å². The zero-order chi connectivity index (χ0) is 17.1. The molecule has 3 aromatic rings. The first-order chi connectivity index (χ1) is 12.3. The highest BCUT2D eigenvalue weighted by molar-refractivity contribution is 7.76. The lowest BCUT2D eigenvalue weighted by atomic mass is 10.0. The van der Waals surface area contributed by atoms with Gasteiger partial charge in [0.15, 0.2) is 0 Å². The Kier molecular flexibility index (Phi) is 4.44. The van der Waals surface area contributed by atoms with E-state index in [0.717, 1.165) is 28.3 Å². The molecule has 3 nitrogen and oxygen atoms in total. The van der Waals surface area contributed by atoms with Crippen LogP contribution in [0.4, 0.5) is 0 Å². The quantitative estimate of drug-likeness (QED) is 0.723. The zero-order valence-electron chi connectivity index (χ0n) is 13.8. The first-order valence-electron chi connectivity index (χ1n) is 8.48. The molecule has 1 atom stereocenters. The van der Waals surface area contributed by atoms with Crippen LogP contribution in [-0.2, 0) is 4.57 Å². The summed E-state index contributed by atoms with van der Waals surface area (Å²) in [5.74, 6) is 0.874. The molecule has 0 aliphatic carbocycles. The number of ether oxygens (including phenoxy) is 1. The summed E-state index contributed by atoms with van der Waals surface area (Å²) in [6.07, 6.45) is 0.792. The molecule has 0 amide bonds. The number of fused-ring (bicyclic) bond motifs is 1. The van der Waals surface area contributed by atoms with E-state index in [1.54, 1.807) is 0 Å². The molecule has 0 aromatic heterocycles. The molecule has 1 N–H and O–H groups in total. The Bertz CT molecular complexity index is 853. The third-order valence-corrected chi connectivity index (χ3v) is 7.26. The van der Waals surface area contributed by atoms with Gasteiger partial charge in [0.1, 0.15) is 5.75 Å². The van der Waals surface area contributed by atoms with E-state index in [4.69, 9.17) is 4.74 Å². The second-order valence-electron chi connectivity index (χ2n) is 6.14. The van der Waals surface area contributed by atoms with Crippen molar-refractivity contribution < 1.29 is 9.30 Å². The number of rotatable bonds is 4. The van der Waals surface area contributed by atoms with E-state index in [0.29, 0.717) is 6.61 Å². The molecule has 1 aliphatic heterocycles. The fourth-order valence-electron chi connectivity index (χ4n) is 3.27. The van der Waals surface area contributed by atoms with Gasteiger partial charge in [-0.2, -0.15) is 0 Å². The molecular formula is C21H20NO2P. The predicted molar refractivity (Wildman–Crippen MR) is 102 cm³/mol. The van der Waals surface area contributed by atoms with Gasteiger partial charge >= 0.3 is 0 Å². The van der Waals surface area contributed by atoms with Gasteiger partial charge in [-0.25, -0.2) is 0 Å². The van der Waals surface area contributed by atoms with Crippen LogP contribution in [-0.4, -0.2) is 6.61 Å². The Morgan fingerprint density at radius 1 is 0.800 bits per heavy atom. The van der Waals surface area contributed by atoms with Gasteiger partial charge < -0.3 is 4.74 Å². The van der Waals surface area contributed by atoms with Crippen LogP contribution in [0.25, 0.3) is 0 Å². The summed E-state index contributed by atoms with van der Waals surface area (Å²) < 4.78 is 19.9. The maximum atomic E-state index is 14.1. The van der Waals surface area contributed by atoms with E-state index in [2.05, 4.69) is 5.09 Å². The van der Waals surface area contributed by atoms with Crippen molar-refractivity contribution in [3.63, 3.8) is 0 Å². The summed E-state index contributed by atoms with van der Waals surface area (Å²) in [6, 6.07) is 27.4. The molecule has 0 saturated carbocycles. The SMILES string of the molecule is O=P(NC1CCOc2ccccc21)(c1ccccc1)c1ccccc1. The highest BCUT2D eigenvalue weighted by Gasteiger charge is 2.32. The van der Waals surface area contributed by atoms with Crippen LogP contribution in [0.5, 0.6) is 5.75 Å².